The summed E-state index contributed by atoms with van der Waals surface area (Å²) in [5.74, 6) is -0.622. The topological polar surface area (TPSA) is 83.9 Å². The fourth-order valence-electron chi connectivity index (χ4n) is 5.70. The fraction of sp³-hybridized carbons (Fsp3) is 0.367. The molecule has 0 unspecified atom stereocenters. The zero-order valence-electron chi connectivity index (χ0n) is 20.6. The second kappa shape index (κ2) is 10.1. The van der Waals surface area contributed by atoms with Gasteiger partial charge in [0, 0.05) is 53.4 Å². The highest BCUT2D eigenvalue weighted by Crippen LogP contribution is 2.50. The predicted molar refractivity (Wildman–Crippen MR) is 135 cm³/mol. The van der Waals surface area contributed by atoms with Crippen molar-refractivity contribution in [1.82, 2.24) is 4.90 Å². The summed E-state index contributed by atoms with van der Waals surface area (Å²) in [5.41, 5.74) is 6.12. The van der Waals surface area contributed by atoms with Crippen molar-refractivity contribution in [3.63, 3.8) is 0 Å². The van der Waals surface area contributed by atoms with Gasteiger partial charge < -0.3 is 14.7 Å². The Balaban J connectivity index is 1.60. The van der Waals surface area contributed by atoms with Crippen LogP contribution >= 0.6 is 0 Å². The third kappa shape index (κ3) is 4.60. The van der Waals surface area contributed by atoms with Gasteiger partial charge in [0.05, 0.1) is 6.42 Å². The van der Waals surface area contributed by atoms with Gasteiger partial charge in [0.1, 0.15) is 12.4 Å². The lowest BCUT2D eigenvalue weighted by molar-refractivity contribution is -0.137. The average Bonchev–Trinajstić information content (AvgIpc) is 2.87. The van der Waals surface area contributed by atoms with Crippen molar-refractivity contribution in [2.45, 2.75) is 64.4 Å². The molecule has 36 heavy (non-hydrogen) atoms. The minimum atomic E-state index is -0.888. The number of carboxylic acids is 1. The van der Waals surface area contributed by atoms with Crippen LogP contribution in [0.4, 0.5) is 0 Å². The number of hydrogen-bond donors (Lipinski definition) is 1. The molecular weight excluding hydrogens is 454 g/mol. The van der Waals surface area contributed by atoms with E-state index in [0.29, 0.717) is 49.2 Å². The molecule has 0 radical (unpaired) electrons. The number of carbonyl (C=O) groups excluding carboxylic acids is 2. The van der Waals surface area contributed by atoms with E-state index in [0.717, 1.165) is 35.4 Å². The third-order valence-corrected chi connectivity index (χ3v) is 7.38. The first-order chi connectivity index (χ1) is 17.4. The van der Waals surface area contributed by atoms with Crippen molar-refractivity contribution in [2.75, 3.05) is 6.54 Å². The van der Waals surface area contributed by atoms with E-state index in [-0.39, 0.29) is 24.5 Å². The summed E-state index contributed by atoms with van der Waals surface area (Å²) < 4.78 is 6.29. The van der Waals surface area contributed by atoms with E-state index in [9.17, 15) is 19.5 Å². The fourth-order valence-corrected chi connectivity index (χ4v) is 5.70. The van der Waals surface area contributed by atoms with Crippen LogP contribution in [0, 0.1) is 6.92 Å². The Hall–Kier alpha value is -3.67. The number of carboxylic acid groups (broad SMARTS) is 1. The van der Waals surface area contributed by atoms with Gasteiger partial charge in [-0.15, -0.1) is 0 Å². The Morgan fingerprint density at radius 2 is 1.53 bits per heavy atom. The lowest BCUT2D eigenvalue weighted by atomic mass is 9.70. The van der Waals surface area contributed by atoms with Gasteiger partial charge in [-0.3, -0.25) is 14.4 Å². The summed E-state index contributed by atoms with van der Waals surface area (Å²) in [5, 5.41) is 9.37. The minimum absolute atomic E-state index is 0.0415. The van der Waals surface area contributed by atoms with Crippen LogP contribution in [0.1, 0.15) is 67.6 Å². The molecule has 1 N–H and O–H groups in total. The number of carbonyl (C=O) groups is 3. The molecule has 0 amide bonds. The highest BCUT2D eigenvalue weighted by molar-refractivity contribution is 6.06. The maximum Gasteiger partial charge on any atom is 0.305 e. The van der Waals surface area contributed by atoms with E-state index >= 15 is 0 Å². The van der Waals surface area contributed by atoms with Crippen molar-refractivity contribution in [2.24, 2.45) is 0 Å². The Bertz CT molecular complexity index is 1230. The summed E-state index contributed by atoms with van der Waals surface area (Å²) in [6, 6.07) is 15.9. The highest BCUT2D eigenvalue weighted by atomic mass is 16.5. The number of Topliss-reactive ketones (excluding diaryl/α,β-unsaturated/α-hetero) is 2. The number of nitrogens with zero attached hydrogens (tertiary/aromatic N) is 1. The Morgan fingerprint density at radius 3 is 2.14 bits per heavy atom. The van der Waals surface area contributed by atoms with Crippen molar-refractivity contribution in [3.05, 3.63) is 87.8 Å². The second-order valence-corrected chi connectivity index (χ2v) is 9.81. The molecule has 0 saturated carbocycles. The van der Waals surface area contributed by atoms with E-state index in [4.69, 9.17) is 4.74 Å². The lowest BCUT2D eigenvalue weighted by Gasteiger charge is -2.44. The molecule has 2 aliphatic carbocycles. The molecule has 0 fully saturated rings. The number of benzene rings is 2. The molecule has 1 heterocycles. The van der Waals surface area contributed by atoms with E-state index in [1.807, 2.05) is 60.4 Å². The maximum atomic E-state index is 13.4. The molecule has 186 valence electrons. The molecule has 0 atom stereocenters. The number of rotatable bonds is 7. The molecule has 6 heteroatoms. The Labute approximate surface area is 211 Å². The van der Waals surface area contributed by atoms with Crippen LogP contribution in [-0.2, 0) is 21.0 Å². The number of para-hydroxylation sites is 1. The van der Waals surface area contributed by atoms with Crippen LogP contribution < -0.4 is 4.74 Å². The number of hydrogen-bond acceptors (Lipinski definition) is 5. The quantitative estimate of drug-likeness (QED) is 0.561. The van der Waals surface area contributed by atoms with Crippen LogP contribution in [0.5, 0.6) is 5.75 Å². The van der Waals surface area contributed by atoms with Crippen molar-refractivity contribution >= 4 is 17.5 Å². The van der Waals surface area contributed by atoms with Gasteiger partial charge in [-0.1, -0.05) is 48.0 Å². The SMILES string of the molecule is Cc1ccc(COc2ccccc2C2C3=C(CCCC3=O)N(CCC(=O)O)C3=C2C(=O)CCC3)cc1. The number of allylic oxidation sites excluding steroid dienone is 4. The first-order valence-corrected chi connectivity index (χ1v) is 12.7. The van der Waals surface area contributed by atoms with Crippen molar-refractivity contribution in [3.8, 4) is 5.75 Å². The first-order valence-electron chi connectivity index (χ1n) is 12.7. The number of aliphatic carboxylic acids is 1. The summed E-state index contributed by atoms with van der Waals surface area (Å²) in [4.78, 5) is 40.3. The normalized spacial score (nSPS) is 18.3. The minimum Gasteiger partial charge on any atom is -0.489 e. The molecule has 0 bridgehead atoms. The molecule has 2 aromatic rings. The molecule has 1 aliphatic heterocycles. The molecule has 0 aromatic heterocycles. The largest absolute Gasteiger partial charge is 0.489 e. The smallest absolute Gasteiger partial charge is 0.305 e. The van der Waals surface area contributed by atoms with Gasteiger partial charge in [-0.25, -0.2) is 0 Å². The van der Waals surface area contributed by atoms with Gasteiger partial charge >= 0.3 is 5.97 Å². The van der Waals surface area contributed by atoms with Gasteiger partial charge in [0.2, 0.25) is 0 Å². The van der Waals surface area contributed by atoms with Crippen LogP contribution in [0.2, 0.25) is 0 Å². The number of ketones is 2. The standard InChI is InChI=1S/C30H31NO5/c1-19-12-14-20(15-13-19)18-36-26-11-3-2-6-21(26)28-29-22(7-4-9-24(29)32)31(17-16-27(34)35)23-8-5-10-25(33)30(23)28/h2-3,6,11-15,28H,4-5,7-10,16-18H2,1H3,(H,34,35). The Kier molecular flexibility index (Phi) is 6.77. The van der Waals surface area contributed by atoms with Gasteiger partial charge in [0.15, 0.2) is 11.6 Å². The third-order valence-electron chi connectivity index (χ3n) is 7.38. The summed E-state index contributed by atoms with van der Waals surface area (Å²) >= 11 is 0. The van der Waals surface area contributed by atoms with Gasteiger partial charge in [-0.2, -0.15) is 0 Å². The zero-order valence-corrected chi connectivity index (χ0v) is 20.6. The molecule has 2 aromatic carbocycles. The Morgan fingerprint density at radius 1 is 0.917 bits per heavy atom. The van der Waals surface area contributed by atoms with Gasteiger partial charge in [-0.05, 0) is 44.2 Å². The lowest BCUT2D eigenvalue weighted by Crippen LogP contribution is -2.40. The monoisotopic (exact) mass is 485 g/mol. The highest BCUT2D eigenvalue weighted by Gasteiger charge is 2.44. The molecular formula is C30H31NO5. The van der Waals surface area contributed by atoms with E-state index in [2.05, 4.69) is 0 Å². The van der Waals surface area contributed by atoms with Crippen LogP contribution in [0.3, 0.4) is 0 Å². The van der Waals surface area contributed by atoms with Crippen LogP contribution in [0.15, 0.2) is 71.1 Å². The molecule has 0 saturated heterocycles. The average molecular weight is 486 g/mol. The first kappa shape index (κ1) is 24.0. The molecule has 3 aliphatic rings. The van der Waals surface area contributed by atoms with E-state index in [1.165, 1.54) is 5.56 Å². The number of ether oxygens (including phenoxy) is 1. The second-order valence-electron chi connectivity index (χ2n) is 9.81. The molecule has 0 spiro atoms. The van der Waals surface area contributed by atoms with Crippen LogP contribution in [-0.4, -0.2) is 34.1 Å². The summed E-state index contributed by atoms with van der Waals surface area (Å²) in [7, 11) is 0. The van der Waals surface area contributed by atoms with E-state index in [1.54, 1.807) is 0 Å². The van der Waals surface area contributed by atoms with Crippen LogP contribution in [0.25, 0.3) is 0 Å². The predicted octanol–water partition coefficient (Wildman–Crippen LogP) is 5.46. The van der Waals surface area contributed by atoms with E-state index < -0.39 is 11.9 Å². The summed E-state index contributed by atoms with van der Waals surface area (Å²) in [6.45, 7) is 2.70. The summed E-state index contributed by atoms with van der Waals surface area (Å²) in [6.07, 6.45) is 3.70. The number of aryl methyl sites for hydroxylation is 1. The molecule has 5 rings (SSSR count). The molecule has 6 nitrogen and oxygen atoms in total. The maximum absolute atomic E-state index is 13.4. The zero-order chi connectivity index (χ0) is 25.2. The van der Waals surface area contributed by atoms with Crippen molar-refractivity contribution in [1.29, 1.82) is 0 Å². The van der Waals surface area contributed by atoms with Gasteiger partial charge in [0.25, 0.3) is 0 Å². The van der Waals surface area contributed by atoms with Crippen molar-refractivity contribution < 1.29 is 24.2 Å².